The third-order valence-electron chi connectivity index (χ3n) is 6.28. The summed E-state index contributed by atoms with van der Waals surface area (Å²) in [5, 5.41) is 2.97. The Kier molecular flexibility index (Phi) is 6.83. The van der Waals surface area contributed by atoms with Crippen LogP contribution in [0.5, 0.6) is 0 Å². The van der Waals surface area contributed by atoms with Gasteiger partial charge in [-0.1, -0.05) is 6.07 Å². The van der Waals surface area contributed by atoms with Crippen molar-refractivity contribution in [2.45, 2.75) is 38.0 Å². The maximum atomic E-state index is 13.4. The Morgan fingerprint density at radius 1 is 0.906 bits per heavy atom. The second kappa shape index (κ2) is 9.60. The normalized spacial score (nSPS) is 17.9. The van der Waals surface area contributed by atoms with Gasteiger partial charge in [0, 0.05) is 37.6 Å². The number of morpholine rings is 1. The predicted molar refractivity (Wildman–Crippen MR) is 126 cm³/mol. The number of nitrogens with one attached hydrogen (secondary N) is 1. The number of hydrogen-bond donors (Lipinski definition) is 1. The first kappa shape index (κ1) is 22.8. The third-order valence-corrected chi connectivity index (χ3v) is 8.18. The molecule has 0 aliphatic carbocycles. The lowest BCUT2D eigenvalue weighted by Gasteiger charge is -2.31. The highest BCUT2D eigenvalue weighted by molar-refractivity contribution is 7.89. The topological polar surface area (TPSA) is 79.0 Å². The highest BCUT2D eigenvalue weighted by Gasteiger charge is 2.29. The molecule has 1 amide bonds. The average molecular weight is 458 g/mol. The van der Waals surface area contributed by atoms with Crippen molar-refractivity contribution in [3.05, 3.63) is 53.1 Å². The summed E-state index contributed by atoms with van der Waals surface area (Å²) < 4.78 is 33.2. The van der Waals surface area contributed by atoms with Crippen molar-refractivity contribution in [2.24, 2.45) is 0 Å². The summed E-state index contributed by atoms with van der Waals surface area (Å²) in [4.78, 5) is 15.7. The molecule has 0 atom stereocenters. The molecular weight excluding hydrogens is 426 g/mol. The summed E-state index contributed by atoms with van der Waals surface area (Å²) in [5.74, 6) is -0.298. The Morgan fingerprint density at radius 3 is 2.31 bits per heavy atom. The van der Waals surface area contributed by atoms with Crippen LogP contribution in [-0.4, -0.2) is 58.0 Å². The summed E-state index contributed by atoms with van der Waals surface area (Å²) >= 11 is 0. The van der Waals surface area contributed by atoms with Crippen LogP contribution in [0.3, 0.4) is 0 Å². The van der Waals surface area contributed by atoms with Gasteiger partial charge in [-0.25, -0.2) is 8.42 Å². The fraction of sp³-hybridized carbons (Fsp3) is 0.458. The number of ether oxygens (including phenoxy) is 1. The van der Waals surface area contributed by atoms with Crippen molar-refractivity contribution in [2.75, 3.05) is 49.6 Å². The van der Waals surface area contributed by atoms with Crippen LogP contribution in [0, 0.1) is 13.8 Å². The number of rotatable bonds is 5. The molecule has 0 saturated carbocycles. The second-order valence-corrected chi connectivity index (χ2v) is 10.4. The fourth-order valence-corrected chi connectivity index (χ4v) is 5.66. The van der Waals surface area contributed by atoms with Gasteiger partial charge in [-0.3, -0.25) is 4.79 Å². The number of aryl methyl sites for hydroxylation is 2. The molecule has 0 bridgehead atoms. The van der Waals surface area contributed by atoms with Gasteiger partial charge in [-0.2, -0.15) is 4.31 Å². The van der Waals surface area contributed by atoms with Crippen LogP contribution in [0.25, 0.3) is 0 Å². The zero-order valence-electron chi connectivity index (χ0n) is 18.8. The van der Waals surface area contributed by atoms with Gasteiger partial charge in [-0.05, 0) is 74.6 Å². The van der Waals surface area contributed by atoms with E-state index in [-0.39, 0.29) is 10.8 Å². The minimum absolute atomic E-state index is 0.144. The van der Waals surface area contributed by atoms with Gasteiger partial charge in [0.2, 0.25) is 10.0 Å². The largest absolute Gasteiger partial charge is 0.379 e. The smallest absolute Gasteiger partial charge is 0.257 e. The zero-order valence-corrected chi connectivity index (χ0v) is 19.6. The Bertz CT molecular complexity index is 1090. The van der Waals surface area contributed by atoms with Gasteiger partial charge in [0.05, 0.1) is 23.7 Å². The quantitative estimate of drug-likeness (QED) is 0.743. The number of piperidine rings is 1. The van der Waals surface area contributed by atoms with E-state index in [0.717, 1.165) is 42.7 Å². The molecule has 32 heavy (non-hydrogen) atoms. The zero-order chi connectivity index (χ0) is 22.7. The van der Waals surface area contributed by atoms with Crippen molar-refractivity contribution < 1.29 is 17.9 Å². The molecule has 2 aromatic carbocycles. The summed E-state index contributed by atoms with van der Waals surface area (Å²) in [5.41, 5.74) is 4.11. The summed E-state index contributed by atoms with van der Waals surface area (Å²) in [7, 11) is -3.70. The van der Waals surface area contributed by atoms with Gasteiger partial charge < -0.3 is 15.0 Å². The third kappa shape index (κ3) is 4.82. The average Bonchev–Trinajstić information content (AvgIpc) is 2.82. The van der Waals surface area contributed by atoms with Gasteiger partial charge in [-0.15, -0.1) is 0 Å². The Morgan fingerprint density at radius 2 is 1.62 bits per heavy atom. The van der Waals surface area contributed by atoms with E-state index in [0.29, 0.717) is 37.6 Å². The van der Waals surface area contributed by atoms with Crippen molar-refractivity contribution >= 4 is 27.3 Å². The number of benzene rings is 2. The molecule has 2 aromatic rings. The van der Waals surface area contributed by atoms with E-state index < -0.39 is 10.0 Å². The number of sulfonamides is 1. The predicted octanol–water partition coefficient (Wildman–Crippen LogP) is 3.57. The molecule has 4 rings (SSSR count). The van der Waals surface area contributed by atoms with Crippen LogP contribution in [-0.2, 0) is 14.8 Å². The lowest BCUT2D eigenvalue weighted by atomic mass is 10.1. The first-order valence-corrected chi connectivity index (χ1v) is 12.7. The number of hydrogen-bond acceptors (Lipinski definition) is 5. The molecule has 0 unspecified atom stereocenters. The molecular formula is C24H31N3O4S. The maximum Gasteiger partial charge on any atom is 0.257 e. The van der Waals surface area contributed by atoms with Gasteiger partial charge in [0.1, 0.15) is 0 Å². The van der Waals surface area contributed by atoms with Gasteiger partial charge >= 0.3 is 0 Å². The van der Waals surface area contributed by atoms with Crippen LogP contribution in [0.2, 0.25) is 0 Å². The first-order valence-electron chi connectivity index (χ1n) is 11.2. The highest BCUT2D eigenvalue weighted by Crippen LogP contribution is 2.29. The summed E-state index contributed by atoms with van der Waals surface area (Å²) in [6.45, 7) is 7.14. The monoisotopic (exact) mass is 457 g/mol. The molecule has 2 heterocycles. The first-order chi connectivity index (χ1) is 15.4. The molecule has 7 nitrogen and oxygen atoms in total. The van der Waals surface area contributed by atoms with Gasteiger partial charge in [0.25, 0.3) is 5.91 Å². The number of anilines is 2. The minimum Gasteiger partial charge on any atom is -0.379 e. The maximum absolute atomic E-state index is 13.4. The highest BCUT2D eigenvalue weighted by atomic mass is 32.2. The number of nitrogens with zero attached hydrogens (tertiary/aromatic N) is 2. The van der Waals surface area contributed by atoms with Crippen molar-refractivity contribution in [3.8, 4) is 0 Å². The number of amides is 1. The Labute approximate surface area is 190 Å². The van der Waals surface area contributed by atoms with Crippen LogP contribution in [0.15, 0.2) is 41.3 Å². The minimum atomic E-state index is -3.70. The molecule has 2 fully saturated rings. The molecule has 172 valence electrons. The number of carbonyl (C=O) groups is 1. The van der Waals surface area contributed by atoms with Crippen LogP contribution < -0.4 is 10.2 Å². The number of carbonyl (C=O) groups excluding carboxylic acids is 1. The Balaban J connectivity index is 1.70. The van der Waals surface area contributed by atoms with Crippen LogP contribution in [0.4, 0.5) is 11.4 Å². The van der Waals surface area contributed by atoms with E-state index >= 15 is 0 Å². The second-order valence-electron chi connectivity index (χ2n) is 8.50. The molecule has 2 aliphatic heterocycles. The van der Waals surface area contributed by atoms with E-state index in [1.54, 1.807) is 12.1 Å². The Hall–Kier alpha value is -2.42. The molecule has 0 aromatic heterocycles. The lowest BCUT2D eigenvalue weighted by molar-refractivity contribution is 0.0730. The van der Waals surface area contributed by atoms with E-state index in [2.05, 4.69) is 10.2 Å². The summed E-state index contributed by atoms with van der Waals surface area (Å²) in [6, 6.07) is 10.7. The molecule has 2 saturated heterocycles. The van der Waals surface area contributed by atoms with Crippen LogP contribution in [0.1, 0.15) is 40.7 Å². The fourth-order valence-electron chi connectivity index (χ4n) is 4.22. The molecule has 2 aliphatic rings. The molecule has 1 N–H and O–H groups in total. The lowest BCUT2D eigenvalue weighted by Crippen LogP contribution is -2.40. The molecule has 0 radical (unpaired) electrons. The van der Waals surface area contributed by atoms with Crippen molar-refractivity contribution in [3.63, 3.8) is 0 Å². The van der Waals surface area contributed by atoms with E-state index in [9.17, 15) is 13.2 Å². The van der Waals surface area contributed by atoms with Gasteiger partial charge in [0.15, 0.2) is 0 Å². The van der Waals surface area contributed by atoms with Crippen LogP contribution >= 0.6 is 0 Å². The summed E-state index contributed by atoms with van der Waals surface area (Å²) in [6.07, 6.45) is 3.29. The molecule has 8 heteroatoms. The van der Waals surface area contributed by atoms with Crippen molar-refractivity contribution in [1.82, 2.24) is 4.31 Å². The van der Waals surface area contributed by atoms with E-state index in [1.165, 1.54) is 16.8 Å². The standard InChI is InChI=1S/C24H31N3O4S/c1-18-6-7-20(16-19(18)2)25-24(28)22-17-21(32(29,30)27-12-14-31-15-13-27)8-9-23(22)26-10-4-3-5-11-26/h6-9,16-17H,3-5,10-15H2,1-2H3,(H,25,28). The van der Waals surface area contributed by atoms with E-state index in [4.69, 9.17) is 4.74 Å². The van der Waals surface area contributed by atoms with Crippen molar-refractivity contribution in [1.29, 1.82) is 0 Å². The SMILES string of the molecule is Cc1ccc(NC(=O)c2cc(S(=O)(=O)N3CCOCC3)ccc2N2CCCCC2)cc1C. The van der Waals surface area contributed by atoms with E-state index in [1.807, 2.05) is 32.0 Å². The molecule has 0 spiro atoms.